The fraction of sp³-hybridized carbons (Fsp3) is 0.375. The molecule has 220 valence electrons. The van der Waals surface area contributed by atoms with Gasteiger partial charge in [-0.05, 0) is 61.9 Å². The molecule has 1 atom stereocenters. The number of hydrogen-bond acceptors (Lipinski definition) is 8. The second kappa shape index (κ2) is 12.6. The molecule has 10 heteroatoms. The summed E-state index contributed by atoms with van der Waals surface area (Å²) in [7, 11) is 0. The molecular formula is C32H38N6O4. The standard InChI is InChI=1S/C32H38N6O4/c1-19(2)17-23-9-11-24(12-10-23)21(4)29(39)36-37-30(40)26-22(5)42-31-27(26)28(38-13-15-41-16-14-38)34-32(35-31)33-25-8-6-7-20(3)18-25/h6-12,18-19,21H,13-17H2,1-5H3,(H,36,39)(H,37,40)(H,33,34,35). The van der Waals surface area contributed by atoms with Gasteiger partial charge in [0.05, 0.1) is 30.1 Å². The summed E-state index contributed by atoms with van der Waals surface area (Å²) in [6.45, 7) is 12.2. The molecule has 3 heterocycles. The van der Waals surface area contributed by atoms with Gasteiger partial charge < -0.3 is 19.4 Å². The maximum Gasteiger partial charge on any atom is 0.274 e. The van der Waals surface area contributed by atoms with Crippen LogP contribution in [-0.2, 0) is 16.0 Å². The number of nitrogens with one attached hydrogen (secondary N) is 3. The van der Waals surface area contributed by atoms with Crippen LogP contribution in [0, 0.1) is 19.8 Å². The Morgan fingerprint density at radius 2 is 1.71 bits per heavy atom. The number of nitrogens with zero attached hydrogens (tertiary/aromatic N) is 3. The number of aromatic nitrogens is 2. The molecule has 1 aliphatic rings. The zero-order valence-corrected chi connectivity index (χ0v) is 24.8. The molecule has 10 nitrogen and oxygen atoms in total. The summed E-state index contributed by atoms with van der Waals surface area (Å²) in [6.07, 6.45) is 0.981. The molecule has 1 unspecified atom stereocenters. The maximum atomic E-state index is 13.5. The van der Waals surface area contributed by atoms with Gasteiger partial charge in [0.2, 0.25) is 17.6 Å². The number of carbonyl (C=O) groups excluding carboxylic acids is 2. The summed E-state index contributed by atoms with van der Waals surface area (Å²) in [6, 6.07) is 15.9. The van der Waals surface area contributed by atoms with Crippen LogP contribution in [0.4, 0.5) is 17.5 Å². The maximum absolute atomic E-state index is 13.5. The van der Waals surface area contributed by atoms with Crippen molar-refractivity contribution in [3.63, 3.8) is 0 Å². The van der Waals surface area contributed by atoms with Gasteiger partial charge in [0.1, 0.15) is 11.6 Å². The molecular weight excluding hydrogens is 532 g/mol. The number of morpholine rings is 1. The first-order chi connectivity index (χ1) is 20.2. The zero-order chi connectivity index (χ0) is 29.8. The van der Waals surface area contributed by atoms with E-state index in [9.17, 15) is 9.59 Å². The van der Waals surface area contributed by atoms with Gasteiger partial charge in [-0.15, -0.1) is 0 Å². The van der Waals surface area contributed by atoms with Crippen molar-refractivity contribution >= 4 is 40.4 Å². The average Bonchev–Trinajstić information content (AvgIpc) is 3.31. The average molecular weight is 571 g/mol. The van der Waals surface area contributed by atoms with E-state index in [4.69, 9.17) is 14.1 Å². The van der Waals surface area contributed by atoms with Gasteiger partial charge in [-0.25, -0.2) is 0 Å². The summed E-state index contributed by atoms with van der Waals surface area (Å²) in [5.74, 6) is 0.583. The van der Waals surface area contributed by atoms with Crippen LogP contribution in [0.2, 0.25) is 0 Å². The number of carbonyl (C=O) groups is 2. The number of rotatable bonds is 8. The first-order valence-electron chi connectivity index (χ1n) is 14.4. The van der Waals surface area contributed by atoms with Crippen LogP contribution in [0.25, 0.3) is 11.1 Å². The third-order valence-corrected chi connectivity index (χ3v) is 7.34. The Morgan fingerprint density at radius 1 is 0.976 bits per heavy atom. The van der Waals surface area contributed by atoms with Crippen LogP contribution in [-0.4, -0.2) is 48.1 Å². The first-order valence-corrected chi connectivity index (χ1v) is 14.4. The van der Waals surface area contributed by atoms with E-state index in [1.807, 2.05) is 62.4 Å². The van der Waals surface area contributed by atoms with Gasteiger partial charge in [-0.1, -0.05) is 50.2 Å². The summed E-state index contributed by atoms with van der Waals surface area (Å²) in [4.78, 5) is 37.9. The van der Waals surface area contributed by atoms with Crippen molar-refractivity contribution in [2.75, 3.05) is 36.5 Å². The second-order valence-corrected chi connectivity index (χ2v) is 11.2. The number of aryl methyl sites for hydroxylation is 2. The molecule has 4 aromatic rings. The van der Waals surface area contributed by atoms with Crippen molar-refractivity contribution < 1.29 is 18.7 Å². The molecule has 0 saturated carbocycles. The fourth-order valence-electron chi connectivity index (χ4n) is 5.13. The van der Waals surface area contributed by atoms with Crippen LogP contribution >= 0.6 is 0 Å². The fourth-order valence-corrected chi connectivity index (χ4v) is 5.13. The summed E-state index contributed by atoms with van der Waals surface area (Å²) in [5.41, 5.74) is 9.78. The Balaban J connectivity index is 1.38. The van der Waals surface area contributed by atoms with Crippen LogP contribution < -0.4 is 21.1 Å². The molecule has 2 amide bonds. The van der Waals surface area contributed by atoms with Crippen LogP contribution in [0.3, 0.4) is 0 Å². The number of ether oxygens (including phenoxy) is 1. The topological polar surface area (TPSA) is 122 Å². The van der Waals surface area contributed by atoms with Crippen molar-refractivity contribution in [3.8, 4) is 0 Å². The van der Waals surface area contributed by atoms with Crippen molar-refractivity contribution in [1.29, 1.82) is 0 Å². The van der Waals surface area contributed by atoms with Crippen molar-refractivity contribution in [2.45, 2.75) is 47.0 Å². The van der Waals surface area contributed by atoms with Gasteiger partial charge in [-0.2, -0.15) is 9.97 Å². The molecule has 0 aliphatic carbocycles. The molecule has 5 rings (SSSR count). The molecule has 0 spiro atoms. The van der Waals surface area contributed by atoms with Crippen molar-refractivity contribution in [3.05, 3.63) is 76.5 Å². The van der Waals surface area contributed by atoms with Gasteiger partial charge in [0, 0.05) is 18.8 Å². The van der Waals surface area contributed by atoms with Crippen molar-refractivity contribution in [2.24, 2.45) is 5.92 Å². The minimum absolute atomic E-state index is 0.277. The van der Waals surface area contributed by atoms with Crippen molar-refractivity contribution in [1.82, 2.24) is 20.8 Å². The van der Waals surface area contributed by atoms with Gasteiger partial charge >= 0.3 is 0 Å². The number of hydrazine groups is 1. The third-order valence-electron chi connectivity index (χ3n) is 7.34. The lowest BCUT2D eigenvalue weighted by Gasteiger charge is -2.28. The molecule has 1 saturated heterocycles. The Hall–Kier alpha value is -4.44. The Labute approximate surface area is 245 Å². The van der Waals surface area contributed by atoms with E-state index in [2.05, 4.69) is 39.9 Å². The molecule has 3 N–H and O–H groups in total. The normalized spacial score (nSPS) is 14.2. The van der Waals surface area contributed by atoms with E-state index >= 15 is 0 Å². The number of fused-ring (bicyclic) bond motifs is 1. The number of hydrogen-bond donors (Lipinski definition) is 3. The van der Waals surface area contributed by atoms with Gasteiger partial charge in [0.15, 0.2) is 0 Å². The number of amides is 2. The summed E-state index contributed by atoms with van der Waals surface area (Å²) < 4.78 is 11.5. The van der Waals surface area contributed by atoms with Gasteiger partial charge in [0.25, 0.3) is 5.91 Å². The SMILES string of the molecule is Cc1cccc(Nc2nc(N3CCOCC3)c3c(C(=O)NNC(=O)C(C)c4ccc(CC(C)C)cc4)c(C)oc3n2)c1. The highest BCUT2D eigenvalue weighted by Gasteiger charge is 2.28. The Bertz CT molecular complexity index is 1570. The third kappa shape index (κ3) is 6.54. The van der Waals surface area contributed by atoms with Crippen LogP contribution in [0.5, 0.6) is 0 Å². The minimum Gasteiger partial charge on any atom is -0.442 e. The lowest BCUT2D eigenvalue weighted by molar-refractivity contribution is -0.123. The molecule has 1 aliphatic heterocycles. The Kier molecular flexibility index (Phi) is 8.72. The van der Waals surface area contributed by atoms with E-state index in [-0.39, 0.29) is 17.2 Å². The van der Waals surface area contributed by atoms with E-state index in [0.717, 1.165) is 23.2 Å². The largest absolute Gasteiger partial charge is 0.442 e. The second-order valence-electron chi connectivity index (χ2n) is 11.2. The van der Waals surface area contributed by atoms with E-state index in [1.54, 1.807) is 6.92 Å². The van der Waals surface area contributed by atoms with E-state index in [0.29, 0.717) is 55.1 Å². The van der Waals surface area contributed by atoms with Crippen LogP contribution in [0.15, 0.2) is 52.9 Å². The predicted molar refractivity (Wildman–Crippen MR) is 163 cm³/mol. The molecule has 42 heavy (non-hydrogen) atoms. The zero-order valence-electron chi connectivity index (χ0n) is 24.8. The predicted octanol–water partition coefficient (Wildman–Crippen LogP) is 5.18. The molecule has 0 bridgehead atoms. The smallest absolute Gasteiger partial charge is 0.274 e. The highest BCUT2D eigenvalue weighted by molar-refractivity contribution is 6.10. The first kappa shape index (κ1) is 29.1. The molecule has 1 fully saturated rings. The highest BCUT2D eigenvalue weighted by atomic mass is 16.5. The quantitative estimate of drug-likeness (QED) is 0.248. The van der Waals surface area contributed by atoms with Gasteiger partial charge in [-0.3, -0.25) is 20.4 Å². The monoisotopic (exact) mass is 570 g/mol. The molecule has 2 aromatic carbocycles. The summed E-state index contributed by atoms with van der Waals surface area (Å²) in [5, 5.41) is 3.75. The summed E-state index contributed by atoms with van der Waals surface area (Å²) >= 11 is 0. The van der Waals surface area contributed by atoms with E-state index in [1.165, 1.54) is 5.56 Å². The molecule has 0 radical (unpaired) electrons. The lowest BCUT2D eigenvalue weighted by Crippen LogP contribution is -2.43. The number of benzene rings is 2. The van der Waals surface area contributed by atoms with E-state index < -0.39 is 11.8 Å². The number of anilines is 3. The van der Waals surface area contributed by atoms with Crippen LogP contribution in [0.1, 0.15) is 59.5 Å². The lowest BCUT2D eigenvalue weighted by atomic mass is 9.96. The Morgan fingerprint density at radius 3 is 2.40 bits per heavy atom. The molecule has 2 aromatic heterocycles. The minimum atomic E-state index is -0.503. The highest BCUT2D eigenvalue weighted by Crippen LogP contribution is 2.34. The number of furan rings is 1.